The second-order valence-electron chi connectivity index (χ2n) is 8.41. The fourth-order valence-electron chi connectivity index (χ4n) is 4.12. The summed E-state index contributed by atoms with van der Waals surface area (Å²) in [5, 5.41) is 5.75. The van der Waals surface area contributed by atoms with Gasteiger partial charge < -0.3 is 19.8 Å². The largest absolute Gasteiger partial charge is 0.459 e. The van der Waals surface area contributed by atoms with E-state index in [0.717, 1.165) is 25.2 Å². The molecule has 3 aromatic rings. The number of anilines is 1. The fourth-order valence-corrected chi connectivity index (χ4v) is 4.12. The normalized spacial score (nSPS) is 18.6. The topological polar surface area (TPSA) is 83.8 Å². The van der Waals surface area contributed by atoms with Gasteiger partial charge >= 0.3 is 0 Å². The number of carbonyl (C=O) groups excluding carboxylic acids is 2. The van der Waals surface area contributed by atoms with Crippen molar-refractivity contribution in [1.29, 1.82) is 0 Å². The summed E-state index contributed by atoms with van der Waals surface area (Å²) in [6.45, 7) is 7.27. The molecule has 7 heteroatoms. The molecule has 1 aliphatic heterocycles. The molecule has 172 valence electrons. The van der Waals surface area contributed by atoms with E-state index in [1.54, 1.807) is 36.4 Å². The Labute approximate surface area is 193 Å². The number of morpholine rings is 1. The van der Waals surface area contributed by atoms with Gasteiger partial charge in [-0.25, -0.2) is 0 Å². The molecular formula is C26H29N3O4. The maximum Gasteiger partial charge on any atom is 0.291 e. The van der Waals surface area contributed by atoms with Gasteiger partial charge in [0.2, 0.25) is 0 Å². The van der Waals surface area contributed by atoms with Crippen molar-refractivity contribution < 1.29 is 18.7 Å². The van der Waals surface area contributed by atoms with Crippen LogP contribution < -0.4 is 10.6 Å². The van der Waals surface area contributed by atoms with E-state index in [9.17, 15) is 9.59 Å². The first kappa shape index (κ1) is 22.8. The third-order valence-electron chi connectivity index (χ3n) is 5.60. The quantitative estimate of drug-likeness (QED) is 0.570. The third kappa shape index (κ3) is 6.09. The van der Waals surface area contributed by atoms with E-state index in [2.05, 4.69) is 41.5 Å². The van der Waals surface area contributed by atoms with E-state index in [-0.39, 0.29) is 29.8 Å². The lowest BCUT2D eigenvalue weighted by Crippen LogP contribution is -2.45. The van der Waals surface area contributed by atoms with E-state index in [1.165, 1.54) is 11.8 Å². The van der Waals surface area contributed by atoms with E-state index in [0.29, 0.717) is 17.8 Å². The monoisotopic (exact) mass is 447 g/mol. The zero-order valence-corrected chi connectivity index (χ0v) is 18.9. The first-order valence-electron chi connectivity index (χ1n) is 11.2. The number of hydrogen-bond donors (Lipinski definition) is 2. The summed E-state index contributed by atoms with van der Waals surface area (Å²) < 4.78 is 10.9. The number of carbonyl (C=O) groups is 2. The minimum atomic E-state index is -0.335. The van der Waals surface area contributed by atoms with Crippen LogP contribution in [0.5, 0.6) is 0 Å². The van der Waals surface area contributed by atoms with Gasteiger partial charge in [0.1, 0.15) is 0 Å². The van der Waals surface area contributed by atoms with Crippen LogP contribution in [0.25, 0.3) is 0 Å². The Bertz CT molecular complexity index is 1070. The molecule has 1 aromatic heterocycles. The van der Waals surface area contributed by atoms with E-state index >= 15 is 0 Å². The summed E-state index contributed by atoms with van der Waals surface area (Å²) in [4.78, 5) is 27.2. The minimum Gasteiger partial charge on any atom is -0.459 e. The van der Waals surface area contributed by atoms with Crippen molar-refractivity contribution in [3.63, 3.8) is 0 Å². The molecule has 2 aromatic carbocycles. The predicted molar refractivity (Wildman–Crippen MR) is 126 cm³/mol. The van der Waals surface area contributed by atoms with Gasteiger partial charge in [-0.2, -0.15) is 0 Å². The molecule has 2 atom stereocenters. The molecule has 1 fully saturated rings. The van der Waals surface area contributed by atoms with Crippen molar-refractivity contribution in [1.82, 2.24) is 10.2 Å². The van der Waals surface area contributed by atoms with Gasteiger partial charge in [0, 0.05) is 37.4 Å². The van der Waals surface area contributed by atoms with Gasteiger partial charge in [0.25, 0.3) is 11.8 Å². The molecule has 33 heavy (non-hydrogen) atoms. The van der Waals surface area contributed by atoms with Crippen molar-refractivity contribution in [2.75, 3.05) is 18.4 Å². The SMILES string of the molecule is CC1CN(Cc2ccccc2CNC(=O)c2ccc(NC(=O)c3ccco3)cc2)CC(C)O1. The average molecular weight is 448 g/mol. The molecule has 0 saturated carbocycles. The summed E-state index contributed by atoms with van der Waals surface area (Å²) in [7, 11) is 0. The van der Waals surface area contributed by atoms with Crippen LogP contribution in [0.4, 0.5) is 5.69 Å². The smallest absolute Gasteiger partial charge is 0.291 e. The number of nitrogens with one attached hydrogen (secondary N) is 2. The van der Waals surface area contributed by atoms with Crippen LogP contribution in [-0.4, -0.2) is 42.0 Å². The van der Waals surface area contributed by atoms with Crippen LogP contribution in [0, 0.1) is 0 Å². The number of nitrogens with zero attached hydrogens (tertiary/aromatic N) is 1. The summed E-state index contributed by atoms with van der Waals surface area (Å²) in [5.74, 6) is -0.267. The zero-order chi connectivity index (χ0) is 23.2. The van der Waals surface area contributed by atoms with Gasteiger partial charge in [0.05, 0.1) is 18.5 Å². The standard InChI is InChI=1S/C26H29N3O4/c1-18-15-29(16-19(2)33-18)17-22-7-4-3-6-21(22)14-27-25(30)20-9-11-23(12-10-20)28-26(31)24-8-5-13-32-24/h3-13,18-19H,14-17H2,1-2H3,(H,27,30)(H,28,31). The highest BCUT2D eigenvalue weighted by Gasteiger charge is 2.22. The second kappa shape index (κ2) is 10.5. The van der Waals surface area contributed by atoms with Crippen LogP contribution in [-0.2, 0) is 17.8 Å². The van der Waals surface area contributed by atoms with Gasteiger partial charge in [0.15, 0.2) is 5.76 Å². The molecule has 2 unspecified atom stereocenters. The first-order chi connectivity index (χ1) is 16.0. The molecule has 0 spiro atoms. The maximum atomic E-state index is 12.7. The minimum absolute atomic E-state index is 0.165. The molecule has 0 aliphatic carbocycles. The highest BCUT2D eigenvalue weighted by molar-refractivity contribution is 6.02. The van der Waals surface area contributed by atoms with Crippen LogP contribution >= 0.6 is 0 Å². The van der Waals surface area contributed by atoms with E-state index in [1.807, 2.05) is 12.1 Å². The van der Waals surface area contributed by atoms with E-state index in [4.69, 9.17) is 9.15 Å². The van der Waals surface area contributed by atoms with Crippen LogP contribution in [0.15, 0.2) is 71.3 Å². The molecule has 2 heterocycles. The predicted octanol–water partition coefficient (Wildman–Crippen LogP) is 4.07. The molecule has 0 bridgehead atoms. The highest BCUT2D eigenvalue weighted by atomic mass is 16.5. The van der Waals surface area contributed by atoms with Gasteiger partial charge in [-0.1, -0.05) is 24.3 Å². The molecule has 4 rings (SSSR count). The fraction of sp³-hybridized carbons (Fsp3) is 0.308. The number of benzene rings is 2. The molecule has 1 saturated heterocycles. The summed E-state index contributed by atoms with van der Waals surface area (Å²) in [5.41, 5.74) is 3.42. The number of hydrogen-bond acceptors (Lipinski definition) is 5. The van der Waals surface area contributed by atoms with Gasteiger partial charge in [-0.05, 0) is 61.4 Å². The van der Waals surface area contributed by atoms with Gasteiger partial charge in [-0.3, -0.25) is 14.5 Å². The first-order valence-corrected chi connectivity index (χ1v) is 11.2. The Morgan fingerprint density at radius 3 is 2.27 bits per heavy atom. The maximum absolute atomic E-state index is 12.7. The van der Waals surface area contributed by atoms with Crippen LogP contribution in [0.1, 0.15) is 45.9 Å². The van der Waals surface area contributed by atoms with E-state index < -0.39 is 0 Å². The van der Waals surface area contributed by atoms with Crippen molar-refractivity contribution in [3.8, 4) is 0 Å². The number of furan rings is 1. The average Bonchev–Trinajstić information content (AvgIpc) is 3.33. The lowest BCUT2D eigenvalue weighted by atomic mass is 10.1. The van der Waals surface area contributed by atoms with Crippen molar-refractivity contribution >= 4 is 17.5 Å². The van der Waals surface area contributed by atoms with Crippen LogP contribution in [0.3, 0.4) is 0 Å². The zero-order valence-electron chi connectivity index (χ0n) is 18.9. The Morgan fingerprint density at radius 1 is 0.909 bits per heavy atom. The molecular weight excluding hydrogens is 418 g/mol. The summed E-state index contributed by atoms with van der Waals surface area (Å²) >= 11 is 0. The van der Waals surface area contributed by atoms with Gasteiger partial charge in [-0.15, -0.1) is 0 Å². The lowest BCUT2D eigenvalue weighted by Gasteiger charge is -2.35. The highest BCUT2D eigenvalue weighted by Crippen LogP contribution is 2.17. The molecule has 2 N–H and O–H groups in total. The lowest BCUT2D eigenvalue weighted by molar-refractivity contribution is -0.0705. The third-order valence-corrected chi connectivity index (χ3v) is 5.60. The Morgan fingerprint density at radius 2 is 1.61 bits per heavy atom. The summed E-state index contributed by atoms with van der Waals surface area (Å²) in [6.07, 6.45) is 1.88. The van der Waals surface area contributed by atoms with Crippen LogP contribution in [0.2, 0.25) is 0 Å². The number of amides is 2. The summed E-state index contributed by atoms with van der Waals surface area (Å²) in [6, 6.07) is 18.2. The Balaban J connectivity index is 1.34. The molecule has 1 aliphatic rings. The van der Waals surface area contributed by atoms with Crippen molar-refractivity contribution in [2.45, 2.75) is 39.1 Å². The second-order valence-corrected chi connectivity index (χ2v) is 8.41. The molecule has 0 radical (unpaired) electrons. The Kier molecular flexibility index (Phi) is 7.22. The molecule has 2 amide bonds. The molecule has 7 nitrogen and oxygen atoms in total. The van der Waals surface area contributed by atoms with Crippen molar-refractivity contribution in [3.05, 3.63) is 89.4 Å². The number of ether oxygens (including phenoxy) is 1. The van der Waals surface area contributed by atoms with Crippen molar-refractivity contribution in [2.24, 2.45) is 0 Å². The number of rotatable bonds is 7. The Hall–Kier alpha value is -3.42.